The molecule has 1 fully saturated rings. The van der Waals surface area contributed by atoms with Gasteiger partial charge in [0.25, 0.3) is 0 Å². The van der Waals surface area contributed by atoms with Crippen LogP contribution in [-0.4, -0.2) is 0 Å². The van der Waals surface area contributed by atoms with E-state index in [1.54, 1.807) is 0 Å². The standard InChI is InChI=1S/C33H42/c1-3-5-7-8-9-10-11-13-29-14-16-30(17-15-29)18-19-31-22-26-33(27-23-31)32-24-20-28(21-25-32)12-6-4-2/h14-17,22-23,26-28,32H,3-10,12,20-21,24-25H2,1-2H3. The van der Waals surface area contributed by atoms with Crippen LogP contribution in [0.4, 0.5) is 0 Å². The van der Waals surface area contributed by atoms with Crippen molar-refractivity contribution in [1.82, 2.24) is 0 Å². The minimum Gasteiger partial charge on any atom is -0.0979 e. The summed E-state index contributed by atoms with van der Waals surface area (Å²) in [6.45, 7) is 4.56. The molecule has 33 heavy (non-hydrogen) atoms. The first kappa shape index (κ1) is 25.2. The lowest BCUT2D eigenvalue weighted by Crippen LogP contribution is -2.13. The van der Waals surface area contributed by atoms with Gasteiger partial charge in [-0.15, -0.1) is 0 Å². The van der Waals surface area contributed by atoms with Crippen molar-refractivity contribution in [3.8, 4) is 23.7 Å². The zero-order valence-electron chi connectivity index (χ0n) is 21.0. The van der Waals surface area contributed by atoms with Gasteiger partial charge >= 0.3 is 0 Å². The van der Waals surface area contributed by atoms with Crippen LogP contribution >= 0.6 is 0 Å². The highest BCUT2D eigenvalue weighted by Gasteiger charge is 2.21. The molecule has 174 valence electrons. The van der Waals surface area contributed by atoms with Crippen LogP contribution in [0.5, 0.6) is 0 Å². The number of hydrogen-bond acceptors (Lipinski definition) is 0. The van der Waals surface area contributed by atoms with Crippen molar-refractivity contribution >= 4 is 0 Å². The molecule has 1 aliphatic carbocycles. The van der Waals surface area contributed by atoms with Crippen LogP contribution in [0.1, 0.15) is 125 Å². The van der Waals surface area contributed by atoms with Crippen molar-refractivity contribution in [1.29, 1.82) is 0 Å². The molecule has 0 nitrogen and oxygen atoms in total. The van der Waals surface area contributed by atoms with Crippen molar-refractivity contribution in [2.45, 2.75) is 103 Å². The highest BCUT2D eigenvalue weighted by molar-refractivity contribution is 5.46. The Bertz CT molecular complexity index is 916. The molecule has 0 radical (unpaired) electrons. The Hall–Kier alpha value is -2.44. The fourth-order valence-electron chi connectivity index (χ4n) is 4.88. The Morgan fingerprint density at radius 1 is 0.606 bits per heavy atom. The van der Waals surface area contributed by atoms with Gasteiger partial charge in [-0.25, -0.2) is 0 Å². The minimum absolute atomic E-state index is 0.745. The summed E-state index contributed by atoms with van der Waals surface area (Å²) >= 11 is 0. The molecule has 0 spiro atoms. The third-order valence-electron chi connectivity index (χ3n) is 7.07. The Morgan fingerprint density at radius 2 is 1.15 bits per heavy atom. The van der Waals surface area contributed by atoms with Gasteiger partial charge in [-0.1, -0.05) is 94.6 Å². The van der Waals surface area contributed by atoms with Gasteiger partial charge in [0.15, 0.2) is 0 Å². The second kappa shape index (κ2) is 14.7. The molecular weight excluding hydrogens is 396 g/mol. The third-order valence-corrected chi connectivity index (χ3v) is 7.07. The first-order valence-corrected chi connectivity index (χ1v) is 13.5. The Labute approximate surface area is 203 Å². The molecule has 2 aromatic rings. The van der Waals surface area contributed by atoms with E-state index in [9.17, 15) is 0 Å². The molecule has 0 atom stereocenters. The lowest BCUT2D eigenvalue weighted by Gasteiger charge is -2.28. The van der Waals surface area contributed by atoms with Crippen LogP contribution in [-0.2, 0) is 0 Å². The average Bonchev–Trinajstić information content (AvgIpc) is 2.87. The van der Waals surface area contributed by atoms with Crippen LogP contribution < -0.4 is 0 Å². The summed E-state index contributed by atoms with van der Waals surface area (Å²) in [5.74, 6) is 15.0. The molecule has 0 aliphatic heterocycles. The minimum atomic E-state index is 0.745. The second-order valence-corrected chi connectivity index (χ2v) is 9.78. The summed E-state index contributed by atoms with van der Waals surface area (Å²) in [6, 6.07) is 17.4. The monoisotopic (exact) mass is 438 g/mol. The maximum atomic E-state index is 3.33. The van der Waals surface area contributed by atoms with Gasteiger partial charge in [-0.3, -0.25) is 0 Å². The summed E-state index contributed by atoms with van der Waals surface area (Å²) in [4.78, 5) is 0. The summed E-state index contributed by atoms with van der Waals surface area (Å²) in [6.07, 6.45) is 17.2. The summed E-state index contributed by atoms with van der Waals surface area (Å²) < 4.78 is 0. The fraction of sp³-hybridized carbons (Fsp3) is 0.515. The third kappa shape index (κ3) is 9.14. The maximum absolute atomic E-state index is 3.33. The van der Waals surface area contributed by atoms with E-state index in [4.69, 9.17) is 0 Å². The van der Waals surface area contributed by atoms with Gasteiger partial charge in [0.2, 0.25) is 0 Å². The van der Waals surface area contributed by atoms with E-state index in [1.165, 1.54) is 82.6 Å². The molecule has 0 saturated heterocycles. The van der Waals surface area contributed by atoms with E-state index in [1.807, 2.05) is 0 Å². The second-order valence-electron chi connectivity index (χ2n) is 9.78. The molecule has 1 aliphatic rings. The lowest BCUT2D eigenvalue weighted by atomic mass is 9.77. The highest BCUT2D eigenvalue weighted by atomic mass is 14.3. The van der Waals surface area contributed by atoms with Crippen LogP contribution in [0.15, 0.2) is 48.5 Å². The zero-order chi connectivity index (χ0) is 23.1. The maximum Gasteiger partial charge on any atom is 0.0249 e. The van der Waals surface area contributed by atoms with E-state index >= 15 is 0 Å². The molecule has 0 heterocycles. The number of unbranched alkanes of at least 4 members (excludes halogenated alkanes) is 6. The summed E-state index contributed by atoms with van der Waals surface area (Å²) in [5, 5.41) is 0. The first-order chi connectivity index (χ1) is 16.3. The molecule has 2 aromatic carbocycles. The normalized spacial score (nSPS) is 17.5. The van der Waals surface area contributed by atoms with Gasteiger partial charge in [-0.2, -0.15) is 0 Å². The average molecular weight is 439 g/mol. The Kier molecular flexibility index (Phi) is 11.2. The molecule has 0 heteroatoms. The molecule has 1 saturated carbocycles. The number of hydrogen-bond donors (Lipinski definition) is 0. The quantitative estimate of drug-likeness (QED) is 0.270. The molecule has 0 unspecified atom stereocenters. The Morgan fingerprint density at radius 3 is 1.76 bits per heavy atom. The smallest absolute Gasteiger partial charge is 0.0249 e. The molecule has 0 bridgehead atoms. The molecule has 0 amide bonds. The highest BCUT2D eigenvalue weighted by Crippen LogP contribution is 2.37. The molecular formula is C33H42. The van der Waals surface area contributed by atoms with Gasteiger partial charge in [0, 0.05) is 23.1 Å². The fourth-order valence-corrected chi connectivity index (χ4v) is 4.88. The predicted octanol–water partition coefficient (Wildman–Crippen LogP) is 9.26. The van der Waals surface area contributed by atoms with Gasteiger partial charge < -0.3 is 0 Å². The van der Waals surface area contributed by atoms with Crippen LogP contribution in [0, 0.1) is 29.6 Å². The van der Waals surface area contributed by atoms with E-state index in [0.29, 0.717) is 0 Å². The van der Waals surface area contributed by atoms with E-state index < -0.39 is 0 Å². The van der Waals surface area contributed by atoms with E-state index in [0.717, 1.165) is 34.9 Å². The van der Waals surface area contributed by atoms with Crippen molar-refractivity contribution in [3.05, 3.63) is 70.8 Å². The van der Waals surface area contributed by atoms with E-state index in [-0.39, 0.29) is 0 Å². The van der Waals surface area contributed by atoms with Gasteiger partial charge in [0.1, 0.15) is 0 Å². The van der Waals surface area contributed by atoms with E-state index in [2.05, 4.69) is 86.1 Å². The van der Waals surface area contributed by atoms with Crippen LogP contribution in [0.2, 0.25) is 0 Å². The summed E-state index contributed by atoms with van der Waals surface area (Å²) in [5.41, 5.74) is 4.74. The van der Waals surface area contributed by atoms with Gasteiger partial charge in [-0.05, 0) is 85.9 Å². The van der Waals surface area contributed by atoms with Gasteiger partial charge in [0.05, 0.1) is 0 Å². The van der Waals surface area contributed by atoms with Crippen LogP contribution in [0.3, 0.4) is 0 Å². The van der Waals surface area contributed by atoms with Crippen molar-refractivity contribution < 1.29 is 0 Å². The van der Waals surface area contributed by atoms with Crippen molar-refractivity contribution in [3.63, 3.8) is 0 Å². The molecule has 3 rings (SSSR count). The Balaban J connectivity index is 1.45. The number of rotatable bonds is 9. The first-order valence-electron chi connectivity index (χ1n) is 13.5. The van der Waals surface area contributed by atoms with Crippen molar-refractivity contribution in [2.24, 2.45) is 5.92 Å². The molecule has 0 aromatic heterocycles. The predicted molar refractivity (Wildman–Crippen MR) is 143 cm³/mol. The largest absolute Gasteiger partial charge is 0.0979 e. The summed E-state index contributed by atoms with van der Waals surface area (Å²) in [7, 11) is 0. The van der Waals surface area contributed by atoms with Crippen LogP contribution in [0.25, 0.3) is 0 Å². The number of benzene rings is 2. The zero-order valence-corrected chi connectivity index (χ0v) is 21.0. The van der Waals surface area contributed by atoms with Crippen molar-refractivity contribution in [2.75, 3.05) is 0 Å². The topological polar surface area (TPSA) is 0 Å². The molecule has 0 N–H and O–H groups in total. The lowest BCUT2D eigenvalue weighted by molar-refractivity contribution is 0.304. The SMILES string of the molecule is CCCCCCCC#Cc1ccc(C#Cc2ccc(C3CCC(CCCC)CC3)cc2)cc1.